The van der Waals surface area contributed by atoms with Gasteiger partial charge in [0.1, 0.15) is 17.2 Å². The van der Waals surface area contributed by atoms with E-state index in [1.54, 1.807) is 17.0 Å². The Balaban J connectivity index is 1.98. The number of hydrogen-bond acceptors (Lipinski definition) is 5. The van der Waals surface area contributed by atoms with E-state index in [-0.39, 0.29) is 10.7 Å². The molecule has 0 amide bonds. The van der Waals surface area contributed by atoms with E-state index in [1.165, 1.54) is 12.1 Å². The summed E-state index contributed by atoms with van der Waals surface area (Å²) >= 11 is 5.74. The van der Waals surface area contributed by atoms with Gasteiger partial charge in [-0.1, -0.05) is 17.7 Å². The third kappa shape index (κ3) is 3.27. The lowest BCUT2D eigenvalue weighted by Crippen LogP contribution is -2.15. The predicted octanol–water partition coefficient (Wildman–Crippen LogP) is 1.67. The maximum Gasteiger partial charge on any atom is 0.288 e. The van der Waals surface area contributed by atoms with Gasteiger partial charge in [-0.05, 0) is 11.6 Å². The van der Waals surface area contributed by atoms with Gasteiger partial charge in [-0.2, -0.15) is 0 Å². The van der Waals surface area contributed by atoms with Crippen molar-refractivity contribution in [1.82, 2.24) is 20.1 Å². The van der Waals surface area contributed by atoms with Crippen molar-refractivity contribution in [3.8, 4) is 0 Å². The third-order valence-corrected chi connectivity index (χ3v) is 2.94. The van der Waals surface area contributed by atoms with Gasteiger partial charge >= 0.3 is 0 Å². The molecule has 1 N–H and O–H groups in total. The number of rotatable bonds is 5. The summed E-state index contributed by atoms with van der Waals surface area (Å²) < 4.78 is 1.80. The lowest BCUT2D eigenvalue weighted by molar-refractivity contribution is -0.384. The zero-order valence-electron chi connectivity index (χ0n) is 10.2. The van der Waals surface area contributed by atoms with Gasteiger partial charge in [0.05, 0.1) is 11.5 Å². The van der Waals surface area contributed by atoms with E-state index in [1.807, 2.05) is 7.05 Å². The molecule has 0 aliphatic carbocycles. The van der Waals surface area contributed by atoms with Crippen LogP contribution in [0.2, 0.25) is 5.02 Å². The van der Waals surface area contributed by atoms with Gasteiger partial charge in [-0.15, -0.1) is 10.2 Å². The summed E-state index contributed by atoms with van der Waals surface area (Å²) in [5.41, 5.74) is 0.706. The minimum Gasteiger partial charge on any atom is -0.320 e. The number of aryl methyl sites for hydroxylation is 1. The summed E-state index contributed by atoms with van der Waals surface area (Å²) in [6, 6.07) is 4.74. The molecule has 1 aromatic heterocycles. The first-order valence-corrected chi connectivity index (χ1v) is 5.92. The van der Waals surface area contributed by atoms with Crippen molar-refractivity contribution in [2.45, 2.75) is 13.1 Å². The van der Waals surface area contributed by atoms with E-state index in [4.69, 9.17) is 11.6 Å². The van der Waals surface area contributed by atoms with Gasteiger partial charge in [0, 0.05) is 19.7 Å². The molecular weight excluding hydrogens is 270 g/mol. The lowest BCUT2D eigenvalue weighted by atomic mass is 10.2. The average molecular weight is 282 g/mol. The first-order chi connectivity index (χ1) is 9.08. The number of hydrogen-bond donors (Lipinski definition) is 1. The van der Waals surface area contributed by atoms with E-state index in [9.17, 15) is 10.1 Å². The first-order valence-electron chi connectivity index (χ1n) is 5.54. The fourth-order valence-corrected chi connectivity index (χ4v) is 1.78. The summed E-state index contributed by atoms with van der Waals surface area (Å²) in [5.74, 6) is 0.795. The summed E-state index contributed by atoms with van der Waals surface area (Å²) in [6.45, 7) is 1.03. The molecule has 0 aliphatic heterocycles. The topological polar surface area (TPSA) is 85.9 Å². The van der Waals surface area contributed by atoms with Crippen LogP contribution in [0.4, 0.5) is 5.69 Å². The molecule has 1 heterocycles. The van der Waals surface area contributed by atoms with Gasteiger partial charge in [0.2, 0.25) is 0 Å². The number of nitro groups is 1. The predicted molar refractivity (Wildman–Crippen MR) is 69.7 cm³/mol. The fourth-order valence-electron chi connectivity index (χ4n) is 1.59. The number of benzene rings is 1. The molecule has 0 bridgehead atoms. The second kappa shape index (κ2) is 5.77. The van der Waals surface area contributed by atoms with Crippen LogP contribution in [-0.2, 0) is 20.1 Å². The minimum absolute atomic E-state index is 0.0837. The molecule has 0 saturated heterocycles. The molecule has 0 saturated carbocycles. The maximum absolute atomic E-state index is 10.8. The molecule has 19 heavy (non-hydrogen) atoms. The zero-order chi connectivity index (χ0) is 13.8. The SMILES string of the molecule is Cn1cnnc1CNCc1ccc(Cl)c([N+](=O)[O-])c1. The lowest BCUT2D eigenvalue weighted by Gasteiger charge is -2.05. The minimum atomic E-state index is -0.492. The highest BCUT2D eigenvalue weighted by Crippen LogP contribution is 2.24. The quantitative estimate of drug-likeness (QED) is 0.665. The Kier molecular flexibility index (Phi) is 4.08. The van der Waals surface area contributed by atoms with Crippen molar-refractivity contribution in [3.05, 3.63) is 51.1 Å². The Bertz CT molecular complexity index is 599. The largest absolute Gasteiger partial charge is 0.320 e. The van der Waals surface area contributed by atoms with Crippen LogP contribution >= 0.6 is 11.6 Å². The van der Waals surface area contributed by atoms with Crippen LogP contribution in [-0.4, -0.2) is 19.7 Å². The molecule has 2 aromatic rings. The second-order valence-electron chi connectivity index (χ2n) is 4.00. The number of nitrogens with zero attached hydrogens (tertiary/aromatic N) is 4. The highest BCUT2D eigenvalue weighted by molar-refractivity contribution is 6.32. The summed E-state index contributed by atoms with van der Waals surface area (Å²) in [4.78, 5) is 10.3. The molecule has 0 fully saturated rings. The van der Waals surface area contributed by atoms with Crippen molar-refractivity contribution < 1.29 is 4.92 Å². The van der Waals surface area contributed by atoms with Crippen LogP contribution in [0.3, 0.4) is 0 Å². The monoisotopic (exact) mass is 281 g/mol. The van der Waals surface area contributed by atoms with E-state index < -0.39 is 4.92 Å². The highest BCUT2D eigenvalue weighted by Gasteiger charge is 2.12. The zero-order valence-corrected chi connectivity index (χ0v) is 11.0. The number of nitro benzene ring substituents is 1. The smallest absolute Gasteiger partial charge is 0.288 e. The average Bonchev–Trinajstić information content (AvgIpc) is 2.77. The normalized spacial score (nSPS) is 10.6. The summed E-state index contributed by atoms with van der Waals surface area (Å²) in [7, 11) is 1.85. The third-order valence-electron chi connectivity index (χ3n) is 2.62. The Morgan fingerprint density at radius 2 is 2.26 bits per heavy atom. The molecule has 0 radical (unpaired) electrons. The summed E-state index contributed by atoms with van der Waals surface area (Å²) in [5, 5.41) is 21.7. The molecule has 0 unspecified atom stereocenters. The van der Waals surface area contributed by atoms with Crippen LogP contribution in [0, 0.1) is 10.1 Å². The molecule has 0 atom stereocenters. The Hall–Kier alpha value is -1.99. The summed E-state index contributed by atoms with van der Waals surface area (Å²) in [6.07, 6.45) is 1.62. The van der Waals surface area contributed by atoms with Crippen molar-refractivity contribution in [3.63, 3.8) is 0 Å². The van der Waals surface area contributed by atoms with Crippen molar-refractivity contribution in [2.24, 2.45) is 7.05 Å². The Morgan fingerprint density at radius 1 is 1.47 bits per heavy atom. The van der Waals surface area contributed by atoms with Gasteiger partial charge in [-0.3, -0.25) is 10.1 Å². The molecule has 2 rings (SSSR count). The van der Waals surface area contributed by atoms with E-state index >= 15 is 0 Å². The van der Waals surface area contributed by atoms with Crippen LogP contribution < -0.4 is 5.32 Å². The van der Waals surface area contributed by atoms with Crippen LogP contribution in [0.1, 0.15) is 11.4 Å². The van der Waals surface area contributed by atoms with Crippen molar-refractivity contribution in [1.29, 1.82) is 0 Å². The number of aromatic nitrogens is 3. The van der Waals surface area contributed by atoms with Crippen LogP contribution in [0.25, 0.3) is 0 Å². The maximum atomic E-state index is 10.8. The fraction of sp³-hybridized carbons (Fsp3) is 0.273. The molecule has 0 aliphatic rings. The van der Waals surface area contributed by atoms with E-state index in [0.29, 0.717) is 13.1 Å². The first kappa shape index (κ1) is 13.4. The molecule has 8 heteroatoms. The van der Waals surface area contributed by atoms with Crippen molar-refractivity contribution in [2.75, 3.05) is 0 Å². The number of halogens is 1. The van der Waals surface area contributed by atoms with Crippen molar-refractivity contribution >= 4 is 17.3 Å². The highest BCUT2D eigenvalue weighted by atomic mass is 35.5. The molecular formula is C11H12ClN5O2. The molecule has 0 spiro atoms. The van der Waals surface area contributed by atoms with Gasteiger partial charge in [0.15, 0.2) is 0 Å². The van der Waals surface area contributed by atoms with Gasteiger partial charge in [-0.25, -0.2) is 0 Å². The molecule has 1 aromatic carbocycles. The number of nitrogens with one attached hydrogen (secondary N) is 1. The van der Waals surface area contributed by atoms with Gasteiger partial charge < -0.3 is 9.88 Å². The standard InChI is InChI=1S/C11H12ClN5O2/c1-16-7-14-15-11(16)6-13-5-8-2-3-9(12)10(4-8)17(18)19/h2-4,7,13H,5-6H2,1H3. The van der Waals surface area contributed by atoms with Crippen LogP contribution in [0.5, 0.6) is 0 Å². The Labute approximate surface area is 114 Å². The Morgan fingerprint density at radius 3 is 2.89 bits per heavy atom. The van der Waals surface area contributed by atoms with Gasteiger partial charge in [0.25, 0.3) is 5.69 Å². The van der Waals surface area contributed by atoms with E-state index in [2.05, 4.69) is 15.5 Å². The van der Waals surface area contributed by atoms with Crippen LogP contribution in [0.15, 0.2) is 24.5 Å². The van der Waals surface area contributed by atoms with E-state index in [0.717, 1.165) is 11.4 Å². The second-order valence-corrected chi connectivity index (χ2v) is 4.41. The molecule has 100 valence electrons. The molecule has 7 nitrogen and oxygen atoms in total.